The molecule has 0 spiro atoms. The summed E-state index contributed by atoms with van der Waals surface area (Å²) in [7, 11) is -2.31. The number of carbonyl (C=O) groups is 1. The Hall–Kier alpha value is -2.41. The van der Waals surface area contributed by atoms with Crippen molar-refractivity contribution in [2.24, 2.45) is 0 Å². The normalized spacial score (nSPS) is 15.7. The molecule has 0 radical (unpaired) electrons. The molecule has 144 valence electrons. The summed E-state index contributed by atoms with van der Waals surface area (Å²) < 4.78 is 42.0. The minimum Gasteiger partial charge on any atom is -0.314 e. The SMILES string of the molecule is CCCN(c1ccccc1F)S(=O)(=O)c1ccc2c(c1)C(C)(C)C(=O)N2C. The zero-order valence-electron chi connectivity index (χ0n) is 15.9. The van der Waals surface area contributed by atoms with Gasteiger partial charge < -0.3 is 4.90 Å². The van der Waals surface area contributed by atoms with Gasteiger partial charge in [0, 0.05) is 19.3 Å². The van der Waals surface area contributed by atoms with E-state index < -0.39 is 21.3 Å². The maximum atomic E-state index is 14.3. The van der Waals surface area contributed by atoms with E-state index in [2.05, 4.69) is 0 Å². The summed E-state index contributed by atoms with van der Waals surface area (Å²) in [5.74, 6) is -0.683. The van der Waals surface area contributed by atoms with Crippen molar-refractivity contribution < 1.29 is 17.6 Å². The number of anilines is 2. The third-order valence-electron chi connectivity index (χ3n) is 4.98. The van der Waals surface area contributed by atoms with Crippen LogP contribution in [0.1, 0.15) is 32.8 Å². The van der Waals surface area contributed by atoms with Gasteiger partial charge in [0.25, 0.3) is 10.0 Å². The molecule has 0 fully saturated rings. The van der Waals surface area contributed by atoms with Crippen LogP contribution in [0.15, 0.2) is 47.4 Å². The number of fused-ring (bicyclic) bond motifs is 1. The van der Waals surface area contributed by atoms with Crippen LogP contribution < -0.4 is 9.21 Å². The number of sulfonamides is 1. The highest BCUT2D eigenvalue weighted by atomic mass is 32.2. The first-order valence-corrected chi connectivity index (χ1v) is 10.3. The zero-order chi connectivity index (χ0) is 20.0. The minimum absolute atomic E-state index is 0.0207. The number of hydrogen-bond acceptors (Lipinski definition) is 3. The third kappa shape index (κ3) is 3.00. The molecule has 0 bridgehead atoms. The maximum Gasteiger partial charge on any atom is 0.264 e. The number of rotatable bonds is 5. The van der Waals surface area contributed by atoms with Crippen molar-refractivity contribution in [2.45, 2.75) is 37.5 Å². The van der Waals surface area contributed by atoms with E-state index in [0.29, 0.717) is 17.7 Å². The molecular weight excluding hydrogens is 367 g/mol. The van der Waals surface area contributed by atoms with Crippen molar-refractivity contribution in [3.8, 4) is 0 Å². The molecule has 0 N–H and O–H groups in total. The predicted octanol–water partition coefficient (Wildman–Crippen LogP) is 3.69. The molecule has 1 aliphatic rings. The Bertz CT molecular complexity index is 1000. The fraction of sp³-hybridized carbons (Fsp3) is 0.350. The molecule has 0 unspecified atom stereocenters. The topological polar surface area (TPSA) is 57.7 Å². The third-order valence-corrected chi connectivity index (χ3v) is 6.79. The molecule has 0 atom stereocenters. The summed E-state index contributed by atoms with van der Waals surface area (Å²) in [6.07, 6.45) is 0.533. The molecular formula is C20H23FN2O3S. The Kier molecular flexibility index (Phi) is 4.76. The lowest BCUT2D eigenvalue weighted by Gasteiger charge is -2.25. The number of para-hydroxylation sites is 1. The quantitative estimate of drug-likeness (QED) is 0.782. The first kappa shape index (κ1) is 19.4. The molecule has 5 nitrogen and oxygen atoms in total. The number of benzene rings is 2. The summed E-state index contributed by atoms with van der Waals surface area (Å²) in [4.78, 5) is 14.0. The van der Waals surface area contributed by atoms with Crippen LogP contribution in [0.25, 0.3) is 0 Å². The Morgan fingerprint density at radius 3 is 2.44 bits per heavy atom. The van der Waals surface area contributed by atoms with Gasteiger partial charge in [-0.2, -0.15) is 0 Å². The number of carbonyl (C=O) groups excluding carboxylic acids is 1. The summed E-state index contributed by atoms with van der Waals surface area (Å²) in [6, 6.07) is 10.5. The summed E-state index contributed by atoms with van der Waals surface area (Å²) in [5, 5.41) is 0. The van der Waals surface area contributed by atoms with E-state index in [1.165, 1.54) is 35.2 Å². The molecule has 0 aromatic heterocycles. The lowest BCUT2D eigenvalue weighted by molar-refractivity contribution is -0.121. The van der Waals surface area contributed by atoms with Crippen molar-refractivity contribution >= 4 is 27.3 Å². The number of halogens is 1. The maximum absolute atomic E-state index is 14.3. The fourth-order valence-electron chi connectivity index (χ4n) is 3.47. The van der Waals surface area contributed by atoms with Crippen LogP contribution in [0, 0.1) is 5.82 Å². The van der Waals surface area contributed by atoms with Gasteiger partial charge in [-0.05, 0) is 56.2 Å². The van der Waals surface area contributed by atoms with E-state index in [-0.39, 0.29) is 23.0 Å². The van der Waals surface area contributed by atoms with Gasteiger partial charge in [-0.1, -0.05) is 19.1 Å². The Morgan fingerprint density at radius 1 is 1.15 bits per heavy atom. The van der Waals surface area contributed by atoms with Crippen molar-refractivity contribution in [3.05, 3.63) is 53.8 Å². The van der Waals surface area contributed by atoms with Crippen LogP contribution in [0.3, 0.4) is 0 Å². The van der Waals surface area contributed by atoms with E-state index in [1.807, 2.05) is 6.92 Å². The molecule has 3 rings (SSSR count). The van der Waals surface area contributed by atoms with E-state index >= 15 is 0 Å². The molecule has 0 aliphatic carbocycles. The number of likely N-dealkylation sites (N-methyl/N-ethyl adjacent to an activating group) is 1. The fourth-order valence-corrected chi connectivity index (χ4v) is 5.06. The standard InChI is InChI=1S/C20H23FN2O3S/c1-5-12-23(18-9-7-6-8-16(18)21)27(25,26)14-10-11-17-15(13-14)20(2,3)19(24)22(17)4/h6-11,13H,5,12H2,1-4H3. The van der Waals surface area contributed by atoms with Gasteiger partial charge in [0.2, 0.25) is 5.91 Å². The Balaban J connectivity index is 2.14. The number of nitrogens with zero attached hydrogens (tertiary/aromatic N) is 2. The van der Waals surface area contributed by atoms with Crippen LogP contribution in [0.2, 0.25) is 0 Å². The first-order chi connectivity index (χ1) is 12.6. The Labute approximate surface area is 159 Å². The predicted molar refractivity (Wildman–Crippen MR) is 104 cm³/mol. The average Bonchev–Trinajstić information content (AvgIpc) is 2.81. The molecule has 7 heteroatoms. The van der Waals surface area contributed by atoms with Crippen molar-refractivity contribution in [3.63, 3.8) is 0 Å². The number of hydrogen-bond donors (Lipinski definition) is 0. The van der Waals surface area contributed by atoms with Gasteiger partial charge in [-0.25, -0.2) is 12.8 Å². The number of amides is 1. The molecule has 1 heterocycles. The van der Waals surface area contributed by atoms with E-state index in [1.54, 1.807) is 33.0 Å². The second kappa shape index (κ2) is 6.64. The van der Waals surface area contributed by atoms with Gasteiger partial charge in [-0.3, -0.25) is 9.10 Å². The largest absolute Gasteiger partial charge is 0.314 e. The molecule has 2 aromatic rings. The summed E-state index contributed by atoms with van der Waals surface area (Å²) in [5.41, 5.74) is 0.550. The van der Waals surface area contributed by atoms with Crippen LogP contribution in [0.5, 0.6) is 0 Å². The molecule has 0 saturated carbocycles. The van der Waals surface area contributed by atoms with E-state index in [9.17, 15) is 17.6 Å². The van der Waals surface area contributed by atoms with Gasteiger partial charge in [0.05, 0.1) is 16.0 Å². The van der Waals surface area contributed by atoms with Gasteiger partial charge in [0.1, 0.15) is 5.82 Å². The highest BCUT2D eigenvalue weighted by Crippen LogP contribution is 2.42. The van der Waals surface area contributed by atoms with Crippen molar-refractivity contribution in [1.29, 1.82) is 0 Å². The van der Waals surface area contributed by atoms with Crippen molar-refractivity contribution in [2.75, 3.05) is 22.8 Å². The summed E-state index contributed by atoms with van der Waals surface area (Å²) in [6.45, 7) is 5.54. The molecule has 1 amide bonds. The minimum atomic E-state index is -3.98. The van der Waals surface area contributed by atoms with Crippen LogP contribution in [0.4, 0.5) is 15.8 Å². The highest BCUT2D eigenvalue weighted by Gasteiger charge is 2.43. The van der Waals surface area contributed by atoms with Crippen molar-refractivity contribution in [1.82, 2.24) is 0 Å². The van der Waals surface area contributed by atoms with Crippen LogP contribution in [-0.2, 0) is 20.2 Å². The Morgan fingerprint density at radius 2 is 1.81 bits per heavy atom. The second-order valence-electron chi connectivity index (χ2n) is 7.20. The van der Waals surface area contributed by atoms with Gasteiger partial charge in [0.15, 0.2) is 0 Å². The van der Waals surface area contributed by atoms with Gasteiger partial charge >= 0.3 is 0 Å². The second-order valence-corrected chi connectivity index (χ2v) is 9.06. The lowest BCUT2D eigenvalue weighted by atomic mass is 9.86. The molecule has 0 saturated heterocycles. The first-order valence-electron chi connectivity index (χ1n) is 8.82. The van der Waals surface area contributed by atoms with E-state index in [0.717, 1.165) is 4.31 Å². The molecule has 27 heavy (non-hydrogen) atoms. The summed E-state index contributed by atoms with van der Waals surface area (Å²) >= 11 is 0. The molecule has 1 aliphatic heterocycles. The lowest BCUT2D eigenvalue weighted by Crippen LogP contribution is -2.33. The monoisotopic (exact) mass is 390 g/mol. The van der Waals surface area contributed by atoms with Gasteiger partial charge in [-0.15, -0.1) is 0 Å². The highest BCUT2D eigenvalue weighted by molar-refractivity contribution is 7.92. The van der Waals surface area contributed by atoms with Crippen LogP contribution in [-0.4, -0.2) is 27.9 Å². The van der Waals surface area contributed by atoms with Crippen LogP contribution >= 0.6 is 0 Å². The average molecular weight is 390 g/mol. The smallest absolute Gasteiger partial charge is 0.264 e. The molecule has 2 aromatic carbocycles. The van der Waals surface area contributed by atoms with E-state index in [4.69, 9.17) is 0 Å². The zero-order valence-corrected chi connectivity index (χ0v) is 16.7.